The lowest BCUT2D eigenvalue weighted by atomic mass is 10.2. The normalized spacial score (nSPS) is 10.2. The Morgan fingerprint density at radius 1 is 1.04 bits per heavy atom. The van der Waals surface area contributed by atoms with Crippen molar-refractivity contribution in [2.75, 3.05) is 35.2 Å². The van der Waals surface area contributed by atoms with Crippen LogP contribution in [-0.4, -0.2) is 25.5 Å². The van der Waals surface area contributed by atoms with Crippen molar-refractivity contribution in [3.63, 3.8) is 0 Å². The number of anilines is 3. The van der Waals surface area contributed by atoms with Crippen LogP contribution in [0.25, 0.3) is 0 Å². The first-order valence-corrected chi connectivity index (χ1v) is 8.56. The van der Waals surface area contributed by atoms with Crippen molar-refractivity contribution in [2.24, 2.45) is 0 Å². The summed E-state index contributed by atoms with van der Waals surface area (Å²) in [4.78, 5) is 14.3. The largest absolute Gasteiger partial charge is 0.376 e. The molecule has 0 saturated carbocycles. The maximum absolute atomic E-state index is 12.0. The number of carbonyl (C=O) groups is 1. The molecule has 0 aliphatic rings. The zero-order valence-corrected chi connectivity index (χ0v) is 15.1. The highest BCUT2D eigenvalue weighted by Gasteiger charge is 2.05. The van der Waals surface area contributed by atoms with Gasteiger partial charge in [-0.1, -0.05) is 22.0 Å². The van der Waals surface area contributed by atoms with Crippen molar-refractivity contribution in [1.29, 1.82) is 0 Å². The van der Waals surface area contributed by atoms with Crippen LogP contribution in [0.4, 0.5) is 17.1 Å². The molecule has 1 amide bonds. The van der Waals surface area contributed by atoms with Crippen LogP contribution in [0, 0.1) is 0 Å². The Hall–Kier alpha value is -2.01. The summed E-state index contributed by atoms with van der Waals surface area (Å²) in [6, 6.07) is 15.7. The second-order valence-electron chi connectivity index (χ2n) is 5.13. The minimum Gasteiger partial charge on any atom is -0.376 e. The summed E-state index contributed by atoms with van der Waals surface area (Å²) < 4.78 is 0.981. The van der Waals surface area contributed by atoms with Crippen LogP contribution < -0.4 is 15.5 Å². The van der Waals surface area contributed by atoms with E-state index < -0.39 is 0 Å². The molecule has 2 rings (SSSR count). The van der Waals surface area contributed by atoms with Crippen molar-refractivity contribution in [3.8, 4) is 0 Å². The van der Waals surface area contributed by atoms with Gasteiger partial charge in [-0.25, -0.2) is 0 Å². The van der Waals surface area contributed by atoms with Gasteiger partial charge in [0, 0.05) is 34.6 Å². The molecule has 2 N–H and O–H groups in total. The molecule has 0 fully saturated rings. The number of benzene rings is 2. The first-order valence-electron chi connectivity index (χ1n) is 7.76. The predicted molar refractivity (Wildman–Crippen MR) is 101 cm³/mol. The van der Waals surface area contributed by atoms with Crippen molar-refractivity contribution < 1.29 is 4.79 Å². The fraction of sp³-hybridized carbons (Fsp3) is 0.278. The highest BCUT2D eigenvalue weighted by molar-refractivity contribution is 9.10. The Morgan fingerprint density at radius 2 is 1.74 bits per heavy atom. The van der Waals surface area contributed by atoms with Gasteiger partial charge in [-0.3, -0.25) is 4.79 Å². The van der Waals surface area contributed by atoms with E-state index in [1.807, 2.05) is 48.5 Å². The minimum atomic E-state index is -0.0689. The lowest BCUT2D eigenvalue weighted by molar-refractivity contribution is -0.114. The Morgan fingerprint density at radius 3 is 2.35 bits per heavy atom. The van der Waals surface area contributed by atoms with Gasteiger partial charge in [-0.05, 0) is 56.3 Å². The van der Waals surface area contributed by atoms with Crippen LogP contribution in [0.15, 0.2) is 53.0 Å². The number of halogens is 1. The molecule has 122 valence electrons. The fourth-order valence-electron chi connectivity index (χ4n) is 2.33. The first kappa shape index (κ1) is 17.3. The van der Waals surface area contributed by atoms with Crippen LogP contribution >= 0.6 is 15.9 Å². The van der Waals surface area contributed by atoms with Gasteiger partial charge in [0.25, 0.3) is 0 Å². The number of hydrogen-bond donors (Lipinski definition) is 2. The molecule has 0 bridgehead atoms. The van der Waals surface area contributed by atoms with E-state index in [4.69, 9.17) is 0 Å². The van der Waals surface area contributed by atoms with Gasteiger partial charge in [-0.2, -0.15) is 0 Å². The van der Waals surface area contributed by atoms with Crippen molar-refractivity contribution in [3.05, 3.63) is 53.0 Å². The fourth-order valence-corrected chi connectivity index (χ4v) is 2.73. The van der Waals surface area contributed by atoms with Crippen LogP contribution in [-0.2, 0) is 4.79 Å². The van der Waals surface area contributed by atoms with Gasteiger partial charge >= 0.3 is 0 Å². The summed E-state index contributed by atoms with van der Waals surface area (Å²) in [7, 11) is 0. The average molecular weight is 376 g/mol. The standard InChI is InChI=1S/C18H22BrN3O/c1-3-22(4-2)17-10-8-15(9-11-17)21-18(23)13-20-16-7-5-6-14(19)12-16/h5-12,20H,3-4,13H2,1-2H3,(H,21,23). The minimum absolute atomic E-state index is 0.0689. The summed E-state index contributed by atoms with van der Waals surface area (Å²) in [6.45, 7) is 6.44. The summed E-state index contributed by atoms with van der Waals surface area (Å²) in [5, 5.41) is 6.00. The van der Waals surface area contributed by atoms with E-state index in [2.05, 4.69) is 45.3 Å². The predicted octanol–water partition coefficient (Wildman–Crippen LogP) is 4.35. The number of rotatable bonds is 7. The van der Waals surface area contributed by atoms with Crippen LogP contribution in [0.1, 0.15) is 13.8 Å². The summed E-state index contributed by atoms with van der Waals surface area (Å²) in [6.07, 6.45) is 0. The third kappa shape index (κ3) is 5.28. The third-order valence-electron chi connectivity index (χ3n) is 3.56. The van der Waals surface area contributed by atoms with Crippen LogP contribution in [0.2, 0.25) is 0 Å². The van der Waals surface area contributed by atoms with Crippen molar-refractivity contribution in [1.82, 2.24) is 0 Å². The maximum atomic E-state index is 12.0. The van der Waals surface area contributed by atoms with Crippen molar-refractivity contribution in [2.45, 2.75) is 13.8 Å². The molecule has 0 unspecified atom stereocenters. The molecule has 0 aliphatic carbocycles. The molecule has 23 heavy (non-hydrogen) atoms. The number of nitrogens with one attached hydrogen (secondary N) is 2. The number of amides is 1. The summed E-state index contributed by atoms with van der Waals surface area (Å²) >= 11 is 3.41. The molecule has 0 spiro atoms. The molecule has 2 aromatic carbocycles. The van der Waals surface area contributed by atoms with Gasteiger partial charge < -0.3 is 15.5 Å². The van der Waals surface area contributed by atoms with Gasteiger partial charge in [0.2, 0.25) is 5.91 Å². The SMILES string of the molecule is CCN(CC)c1ccc(NC(=O)CNc2cccc(Br)c2)cc1. The number of carbonyl (C=O) groups excluding carboxylic acids is 1. The average Bonchev–Trinajstić information content (AvgIpc) is 2.56. The highest BCUT2D eigenvalue weighted by Crippen LogP contribution is 2.18. The van der Waals surface area contributed by atoms with E-state index >= 15 is 0 Å². The molecule has 2 aromatic rings. The van der Waals surface area contributed by atoms with Crippen LogP contribution in [0.3, 0.4) is 0 Å². The molecule has 0 aromatic heterocycles. The molecule has 4 nitrogen and oxygen atoms in total. The molecule has 5 heteroatoms. The molecule has 0 heterocycles. The zero-order valence-electron chi connectivity index (χ0n) is 13.5. The Kier molecular flexibility index (Phi) is 6.47. The number of nitrogens with zero attached hydrogens (tertiary/aromatic N) is 1. The monoisotopic (exact) mass is 375 g/mol. The Balaban J connectivity index is 1.87. The van der Waals surface area contributed by atoms with Gasteiger partial charge in [-0.15, -0.1) is 0 Å². The maximum Gasteiger partial charge on any atom is 0.243 e. The molecule has 0 saturated heterocycles. The second kappa shape index (κ2) is 8.58. The van der Waals surface area contributed by atoms with Gasteiger partial charge in [0.05, 0.1) is 6.54 Å². The summed E-state index contributed by atoms with van der Waals surface area (Å²) in [5.74, 6) is -0.0689. The van der Waals surface area contributed by atoms with Crippen molar-refractivity contribution >= 4 is 38.9 Å². The lowest BCUT2D eigenvalue weighted by Crippen LogP contribution is -2.23. The Labute approximate surface area is 146 Å². The quantitative estimate of drug-likeness (QED) is 0.755. The van der Waals surface area contributed by atoms with E-state index in [1.165, 1.54) is 5.69 Å². The van der Waals surface area contributed by atoms with E-state index in [0.717, 1.165) is 28.9 Å². The molecule has 0 atom stereocenters. The first-order chi connectivity index (χ1) is 11.1. The molecular weight excluding hydrogens is 354 g/mol. The molecular formula is C18H22BrN3O. The zero-order chi connectivity index (χ0) is 16.7. The molecule has 0 aliphatic heterocycles. The van der Waals surface area contributed by atoms with E-state index in [-0.39, 0.29) is 12.5 Å². The Bertz CT molecular complexity index is 639. The van der Waals surface area contributed by atoms with Gasteiger partial charge in [0.15, 0.2) is 0 Å². The number of hydrogen-bond acceptors (Lipinski definition) is 3. The van der Waals surface area contributed by atoms with Gasteiger partial charge in [0.1, 0.15) is 0 Å². The highest BCUT2D eigenvalue weighted by atomic mass is 79.9. The van der Waals surface area contributed by atoms with E-state index in [9.17, 15) is 4.79 Å². The lowest BCUT2D eigenvalue weighted by Gasteiger charge is -2.21. The summed E-state index contributed by atoms with van der Waals surface area (Å²) in [5.41, 5.74) is 2.88. The van der Waals surface area contributed by atoms with E-state index in [0.29, 0.717) is 0 Å². The second-order valence-corrected chi connectivity index (χ2v) is 6.05. The molecule has 0 radical (unpaired) electrons. The smallest absolute Gasteiger partial charge is 0.243 e. The van der Waals surface area contributed by atoms with E-state index in [1.54, 1.807) is 0 Å². The third-order valence-corrected chi connectivity index (χ3v) is 4.05. The topological polar surface area (TPSA) is 44.4 Å². The van der Waals surface area contributed by atoms with Crippen LogP contribution in [0.5, 0.6) is 0 Å².